The predicted molar refractivity (Wildman–Crippen MR) is 62.9 cm³/mol. The van der Waals surface area contributed by atoms with Crippen LogP contribution >= 0.6 is 0 Å². The average molecular weight is 208 g/mol. The fraction of sp³-hybridized carbons (Fsp3) is 0.500. The molecule has 1 unspecified atom stereocenters. The third-order valence-corrected chi connectivity index (χ3v) is 2.99. The minimum Gasteiger partial charge on any atom is -0.508 e. The smallest absolute Gasteiger partial charge is 0.119 e. The Morgan fingerprint density at radius 1 is 1.27 bits per heavy atom. The summed E-state index contributed by atoms with van der Waals surface area (Å²) >= 11 is 0. The van der Waals surface area contributed by atoms with Crippen LogP contribution in [0.3, 0.4) is 0 Å². The van der Waals surface area contributed by atoms with Gasteiger partial charge in [-0.2, -0.15) is 0 Å². The van der Waals surface area contributed by atoms with Crippen molar-refractivity contribution in [3.05, 3.63) is 29.3 Å². The Balaban J connectivity index is 2.98. The average Bonchev–Trinajstić information content (AvgIpc) is 2.23. The second-order valence-electron chi connectivity index (χ2n) is 4.08. The van der Waals surface area contributed by atoms with Gasteiger partial charge in [0.05, 0.1) is 0 Å². The summed E-state index contributed by atoms with van der Waals surface area (Å²) in [6.07, 6.45) is 0. The Labute approximate surface area is 91.1 Å². The topological polar surface area (TPSA) is 72.3 Å². The molecule has 0 bridgehead atoms. The lowest BCUT2D eigenvalue weighted by Crippen LogP contribution is -2.28. The van der Waals surface area contributed by atoms with Crippen LogP contribution in [0.1, 0.15) is 24.0 Å². The van der Waals surface area contributed by atoms with Crippen LogP contribution in [-0.2, 0) is 0 Å². The molecule has 5 N–H and O–H groups in total. The van der Waals surface area contributed by atoms with E-state index in [1.54, 1.807) is 6.07 Å². The molecule has 0 heterocycles. The highest BCUT2D eigenvalue weighted by molar-refractivity contribution is 5.38. The van der Waals surface area contributed by atoms with Gasteiger partial charge in [0.1, 0.15) is 5.75 Å². The van der Waals surface area contributed by atoms with E-state index in [9.17, 15) is 5.11 Å². The molecule has 0 spiro atoms. The predicted octanol–water partition coefficient (Wildman–Crippen LogP) is 1.34. The van der Waals surface area contributed by atoms with Crippen LogP contribution in [0.25, 0.3) is 0 Å². The summed E-state index contributed by atoms with van der Waals surface area (Å²) in [7, 11) is 0. The number of benzene rings is 1. The van der Waals surface area contributed by atoms with Crippen molar-refractivity contribution < 1.29 is 5.11 Å². The molecule has 0 aliphatic rings. The molecule has 3 heteroatoms. The van der Waals surface area contributed by atoms with Gasteiger partial charge in [0, 0.05) is 0 Å². The fourth-order valence-electron chi connectivity index (χ4n) is 1.80. The number of rotatable bonds is 4. The lowest BCUT2D eigenvalue weighted by Gasteiger charge is -2.22. The van der Waals surface area contributed by atoms with Crippen molar-refractivity contribution in [3.63, 3.8) is 0 Å². The summed E-state index contributed by atoms with van der Waals surface area (Å²) in [5, 5.41) is 9.76. The van der Waals surface area contributed by atoms with Gasteiger partial charge in [-0.3, -0.25) is 0 Å². The van der Waals surface area contributed by atoms with Crippen LogP contribution in [0, 0.1) is 12.8 Å². The normalized spacial score (nSPS) is 13.1. The van der Waals surface area contributed by atoms with Gasteiger partial charge in [-0.25, -0.2) is 0 Å². The van der Waals surface area contributed by atoms with Crippen LogP contribution in [0.15, 0.2) is 18.2 Å². The van der Waals surface area contributed by atoms with E-state index in [2.05, 4.69) is 6.92 Å². The number of aromatic hydroxyl groups is 1. The first-order chi connectivity index (χ1) is 7.10. The first kappa shape index (κ1) is 12.0. The van der Waals surface area contributed by atoms with Crippen molar-refractivity contribution >= 4 is 0 Å². The molecular weight excluding hydrogens is 188 g/mol. The van der Waals surface area contributed by atoms with Crippen LogP contribution in [-0.4, -0.2) is 18.2 Å². The van der Waals surface area contributed by atoms with Crippen molar-refractivity contribution in [1.82, 2.24) is 0 Å². The first-order valence-corrected chi connectivity index (χ1v) is 5.29. The molecule has 1 rings (SSSR count). The Bertz CT molecular complexity index is 321. The maximum Gasteiger partial charge on any atom is 0.119 e. The van der Waals surface area contributed by atoms with Gasteiger partial charge in [0.2, 0.25) is 0 Å². The molecule has 0 saturated heterocycles. The van der Waals surface area contributed by atoms with Crippen molar-refractivity contribution in [1.29, 1.82) is 0 Å². The summed E-state index contributed by atoms with van der Waals surface area (Å²) in [5.41, 5.74) is 13.4. The Morgan fingerprint density at radius 3 is 2.40 bits per heavy atom. The largest absolute Gasteiger partial charge is 0.508 e. The van der Waals surface area contributed by atoms with Gasteiger partial charge in [0.25, 0.3) is 0 Å². The van der Waals surface area contributed by atoms with Crippen molar-refractivity contribution in [2.75, 3.05) is 13.1 Å². The summed E-state index contributed by atoms with van der Waals surface area (Å²) in [6.45, 7) is 5.16. The Morgan fingerprint density at radius 2 is 1.87 bits per heavy atom. The van der Waals surface area contributed by atoms with Crippen molar-refractivity contribution in [2.45, 2.75) is 19.8 Å². The minimum atomic E-state index is 0.194. The van der Waals surface area contributed by atoms with E-state index in [0.29, 0.717) is 18.8 Å². The number of nitrogens with two attached hydrogens (primary N) is 2. The van der Waals surface area contributed by atoms with Gasteiger partial charge >= 0.3 is 0 Å². The third kappa shape index (κ3) is 2.70. The van der Waals surface area contributed by atoms with E-state index >= 15 is 0 Å². The maximum atomic E-state index is 9.76. The number of hydrogen-bond acceptors (Lipinski definition) is 3. The lowest BCUT2D eigenvalue weighted by molar-refractivity contribution is 0.426. The monoisotopic (exact) mass is 208 g/mol. The maximum absolute atomic E-state index is 9.76. The number of phenolic OH excluding ortho intramolecular Hbond substituents is 1. The lowest BCUT2D eigenvalue weighted by atomic mass is 9.86. The second kappa shape index (κ2) is 5.14. The van der Waals surface area contributed by atoms with Crippen molar-refractivity contribution in [2.24, 2.45) is 17.4 Å². The van der Waals surface area contributed by atoms with Crippen molar-refractivity contribution in [3.8, 4) is 5.75 Å². The summed E-state index contributed by atoms with van der Waals surface area (Å²) in [6, 6.07) is 5.62. The van der Waals surface area contributed by atoms with E-state index in [1.807, 2.05) is 19.1 Å². The molecule has 0 aliphatic heterocycles. The molecule has 0 aliphatic carbocycles. The SMILES string of the molecule is Cc1ccc(O)c(C(C)C(CN)CN)c1. The highest BCUT2D eigenvalue weighted by atomic mass is 16.3. The molecule has 3 nitrogen and oxygen atoms in total. The van der Waals surface area contributed by atoms with Crippen LogP contribution < -0.4 is 11.5 Å². The molecule has 0 fully saturated rings. The van der Waals surface area contributed by atoms with Gasteiger partial charge in [0.15, 0.2) is 0 Å². The van der Waals surface area contributed by atoms with Crippen LogP contribution in [0.5, 0.6) is 5.75 Å². The number of hydrogen-bond donors (Lipinski definition) is 3. The molecule has 0 aromatic heterocycles. The molecule has 1 atom stereocenters. The Hall–Kier alpha value is -1.06. The zero-order chi connectivity index (χ0) is 11.4. The zero-order valence-corrected chi connectivity index (χ0v) is 9.40. The van der Waals surface area contributed by atoms with E-state index < -0.39 is 0 Å². The highest BCUT2D eigenvalue weighted by Crippen LogP contribution is 2.31. The quantitative estimate of drug-likeness (QED) is 0.699. The fourth-order valence-corrected chi connectivity index (χ4v) is 1.80. The van der Waals surface area contributed by atoms with Gasteiger partial charge in [-0.05, 0) is 43.5 Å². The molecule has 0 radical (unpaired) electrons. The molecular formula is C12H20N2O. The van der Waals surface area contributed by atoms with Gasteiger partial charge in [-0.1, -0.05) is 24.6 Å². The van der Waals surface area contributed by atoms with Gasteiger partial charge < -0.3 is 16.6 Å². The zero-order valence-electron chi connectivity index (χ0n) is 9.40. The van der Waals surface area contributed by atoms with Crippen LogP contribution in [0.2, 0.25) is 0 Å². The molecule has 84 valence electrons. The molecule has 15 heavy (non-hydrogen) atoms. The summed E-state index contributed by atoms with van der Waals surface area (Å²) < 4.78 is 0. The Kier molecular flexibility index (Phi) is 4.12. The van der Waals surface area contributed by atoms with E-state index in [4.69, 9.17) is 11.5 Å². The third-order valence-electron chi connectivity index (χ3n) is 2.99. The summed E-state index contributed by atoms with van der Waals surface area (Å²) in [5.74, 6) is 0.748. The number of aryl methyl sites for hydroxylation is 1. The number of phenols is 1. The van der Waals surface area contributed by atoms with Gasteiger partial charge in [-0.15, -0.1) is 0 Å². The minimum absolute atomic E-state index is 0.194. The molecule has 1 aromatic carbocycles. The standard InChI is InChI=1S/C12H20N2O/c1-8-3-4-12(15)11(5-8)9(2)10(6-13)7-14/h3-5,9-10,15H,6-7,13-14H2,1-2H3. The van der Waals surface area contributed by atoms with E-state index in [0.717, 1.165) is 11.1 Å². The molecule has 0 saturated carbocycles. The van der Waals surface area contributed by atoms with E-state index in [-0.39, 0.29) is 11.8 Å². The second-order valence-corrected chi connectivity index (χ2v) is 4.08. The first-order valence-electron chi connectivity index (χ1n) is 5.29. The highest BCUT2D eigenvalue weighted by Gasteiger charge is 2.18. The molecule has 1 aromatic rings. The van der Waals surface area contributed by atoms with Crippen LogP contribution in [0.4, 0.5) is 0 Å². The van der Waals surface area contributed by atoms with E-state index in [1.165, 1.54) is 0 Å². The molecule has 0 amide bonds. The summed E-state index contributed by atoms with van der Waals surface area (Å²) in [4.78, 5) is 0.